The summed E-state index contributed by atoms with van der Waals surface area (Å²) < 4.78 is 4.87. The molecule has 1 aromatic carbocycles. The molecule has 0 radical (unpaired) electrons. The predicted octanol–water partition coefficient (Wildman–Crippen LogP) is 3.26. The molecule has 0 aliphatic heterocycles. The van der Waals surface area contributed by atoms with E-state index in [1.54, 1.807) is 25.1 Å². The van der Waals surface area contributed by atoms with Crippen LogP contribution in [0.15, 0.2) is 30.0 Å². The number of ether oxygens (including phenoxy) is 1. The van der Waals surface area contributed by atoms with Crippen molar-refractivity contribution in [2.75, 3.05) is 0 Å². The first-order chi connectivity index (χ1) is 6.58. The van der Waals surface area contributed by atoms with Crippen LogP contribution in [0.5, 0.6) is 0 Å². The van der Waals surface area contributed by atoms with E-state index in [4.69, 9.17) is 16.3 Å². The molecule has 0 fully saturated rings. The van der Waals surface area contributed by atoms with E-state index in [0.717, 1.165) is 5.56 Å². The van der Waals surface area contributed by atoms with Crippen LogP contribution in [0.25, 0.3) is 6.08 Å². The Morgan fingerprint density at radius 3 is 2.36 bits per heavy atom. The fraction of sp³-hybridized carbons (Fsp3) is 0.182. The average molecular weight is 211 g/mol. The van der Waals surface area contributed by atoms with Crippen molar-refractivity contribution in [2.24, 2.45) is 0 Å². The maximum absolute atomic E-state index is 10.6. The van der Waals surface area contributed by atoms with Crippen LogP contribution in [-0.4, -0.2) is 5.97 Å². The van der Waals surface area contributed by atoms with Crippen molar-refractivity contribution in [1.29, 1.82) is 0 Å². The molecule has 0 bridgehead atoms. The zero-order chi connectivity index (χ0) is 10.6. The van der Waals surface area contributed by atoms with E-state index in [0.29, 0.717) is 10.8 Å². The lowest BCUT2D eigenvalue weighted by atomic mass is 10.2. The Kier molecular flexibility index (Phi) is 3.72. The molecule has 0 atom stereocenters. The summed E-state index contributed by atoms with van der Waals surface area (Å²) in [7, 11) is 0. The Bertz CT molecular complexity index is 352. The van der Waals surface area contributed by atoms with Gasteiger partial charge in [0.1, 0.15) is 5.76 Å². The Labute approximate surface area is 88.1 Å². The number of halogens is 1. The summed E-state index contributed by atoms with van der Waals surface area (Å²) in [6, 6.07) is 7.29. The molecule has 0 heterocycles. The molecule has 0 aliphatic carbocycles. The first-order valence-corrected chi connectivity index (χ1v) is 4.58. The summed E-state index contributed by atoms with van der Waals surface area (Å²) >= 11 is 5.73. The summed E-state index contributed by atoms with van der Waals surface area (Å²) in [6.45, 7) is 3.11. The third-order valence-corrected chi connectivity index (χ3v) is 1.80. The lowest BCUT2D eigenvalue weighted by Gasteiger charge is -2.00. The van der Waals surface area contributed by atoms with Gasteiger partial charge in [0.15, 0.2) is 0 Å². The van der Waals surface area contributed by atoms with Gasteiger partial charge in [-0.25, -0.2) is 0 Å². The lowest BCUT2D eigenvalue weighted by molar-refractivity contribution is -0.136. The van der Waals surface area contributed by atoms with Gasteiger partial charge in [0.2, 0.25) is 0 Å². The van der Waals surface area contributed by atoms with E-state index in [1.807, 2.05) is 12.1 Å². The topological polar surface area (TPSA) is 26.3 Å². The Morgan fingerprint density at radius 2 is 1.86 bits per heavy atom. The molecule has 1 rings (SSSR count). The monoisotopic (exact) mass is 210 g/mol. The third-order valence-electron chi connectivity index (χ3n) is 1.54. The van der Waals surface area contributed by atoms with Crippen LogP contribution >= 0.6 is 11.6 Å². The summed E-state index contributed by atoms with van der Waals surface area (Å²) in [6.07, 6.45) is 1.78. The van der Waals surface area contributed by atoms with Gasteiger partial charge >= 0.3 is 5.97 Å². The number of hydrogen-bond acceptors (Lipinski definition) is 2. The lowest BCUT2D eigenvalue weighted by Crippen LogP contribution is -1.95. The van der Waals surface area contributed by atoms with E-state index < -0.39 is 0 Å². The third kappa shape index (κ3) is 3.62. The highest BCUT2D eigenvalue weighted by Gasteiger charge is 1.95. The molecular weight excluding hydrogens is 200 g/mol. The van der Waals surface area contributed by atoms with Crippen LogP contribution < -0.4 is 0 Å². The summed E-state index contributed by atoms with van der Waals surface area (Å²) in [5, 5.41) is 0.687. The maximum Gasteiger partial charge on any atom is 0.307 e. The number of carbonyl (C=O) groups is 1. The number of allylic oxidation sites excluding steroid dienone is 1. The van der Waals surface area contributed by atoms with Gasteiger partial charge < -0.3 is 4.74 Å². The van der Waals surface area contributed by atoms with E-state index in [2.05, 4.69) is 0 Å². The molecule has 0 saturated carbocycles. The molecule has 0 unspecified atom stereocenters. The van der Waals surface area contributed by atoms with Crippen molar-refractivity contribution in [2.45, 2.75) is 13.8 Å². The fourth-order valence-electron chi connectivity index (χ4n) is 1.05. The molecule has 2 nitrogen and oxygen atoms in total. The van der Waals surface area contributed by atoms with E-state index in [9.17, 15) is 4.79 Å². The van der Waals surface area contributed by atoms with Gasteiger partial charge in [-0.3, -0.25) is 4.79 Å². The minimum atomic E-state index is -0.312. The zero-order valence-corrected chi connectivity index (χ0v) is 8.84. The molecular formula is C11H11ClO2. The number of rotatable bonds is 2. The number of hydrogen-bond donors (Lipinski definition) is 0. The summed E-state index contributed by atoms with van der Waals surface area (Å²) in [4.78, 5) is 10.6. The smallest absolute Gasteiger partial charge is 0.307 e. The molecule has 1 aromatic rings. The first kappa shape index (κ1) is 10.8. The zero-order valence-electron chi connectivity index (χ0n) is 8.08. The highest BCUT2D eigenvalue weighted by Crippen LogP contribution is 2.12. The van der Waals surface area contributed by atoms with Crippen LogP contribution in [0.3, 0.4) is 0 Å². The van der Waals surface area contributed by atoms with Crippen LogP contribution in [0.1, 0.15) is 19.4 Å². The van der Waals surface area contributed by atoms with Crippen molar-refractivity contribution >= 4 is 23.6 Å². The summed E-state index contributed by atoms with van der Waals surface area (Å²) in [5.41, 5.74) is 0.952. The minimum absolute atomic E-state index is 0.312. The number of carbonyl (C=O) groups excluding carboxylic acids is 1. The van der Waals surface area contributed by atoms with Gasteiger partial charge in [-0.1, -0.05) is 23.7 Å². The highest BCUT2D eigenvalue weighted by molar-refractivity contribution is 6.30. The van der Waals surface area contributed by atoms with Gasteiger partial charge in [0.05, 0.1) is 0 Å². The quantitative estimate of drug-likeness (QED) is 0.553. The first-order valence-electron chi connectivity index (χ1n) is 4.20. The van der Waals surface area contributed by atoms with Gasteiger partial charge in [-0.2, -0.15) is 0 Å². The van der Waals surface area contributed by atoms with E-state index >= 15 is 0 Å². The normalized spacial score (nSPS) is 11.2. The van der Waals surface area contributed by atoms with Crippen molar-refractivity contribution in [3.63, 3.8) is 0 Å². The van der Waals surface area contributed by atoms with Crippen molar-refractivity contribution in [3.8, 4) is 0 Å². The molecule has 14 heavy (non-hydrogen) atoms. The molecule has 0 aliphatic rings. The predicted molar refractivity (Wildman–Crippen MR) is 56.9 cm³/mol. The molecule has 0 N–H and O–H groups in total. The molecule has 3 heteroatoms. The second-order valence-electron chi connectivity index (χ2n) is 2.90. The Morgan fingerprint density at radius 1 is 1.29 bits per heavy atom. The standard InChI is InChI=1S/C11H11ClO2/c1-8(14-9(2)13)7-10-3-5-11(12)6-4-10/h3-7H,1-2H3/b8-7+. The fourth-order valence-corrected chi connectivity index (χ4v) is 1.18. The SMILES string of the molecule is CC(=O)O/C(C)=C/c1ccc(Cl)cc1. The minimum Gasteiger partial charge on any atom is -0.432 e. The van der Waals surface area contributed by atoms with Crippen LogP contribution in [0.2, 0.25) is 5.02 Å². The van der Waals surface area contributed by atoms with Gasteiger partial charge in [-0.15, -0.1) is 0 Å². The van der Waals surface area contributed by atoms with Gasteiger partial charge in [-0.05, 0) is 30.7 Å². The second kappa shape index (κ2) is 4.82. The number of benzene rings is 1. The van der Waals surface area contributed by atoms with Gasteiger partial charge in [0, 0.05) is 11.9 Å². The average Bonchev–Trinajstić information content (AvgIpc) is 2.07. The van der Waals surface area contributed by atoms with E-state index in [-0.39, 0.29) is 5.97 Å². The molecule has 0 spiro atoms. The van der Waals surface area contributed by atoms with E-state index in [1.165, 1.54) is 6.92 Å². The van der Waals surface area contributed by atoms with Crippen molar-refractivity contribution in [1.82, 2.24) is 0 Å². The summed E-state index contributed by atoms with van der Waals surface area (Å²) in [5.74, 6) is 0.257. The van der Waals surface area contributed by atoms with Crippen LogP contribution in [0, 0.1) is 0 Å². The van der Waals surface area contributed by atoms with Crippen LogP contribution in [-0.2, 0) is 9.53 Å². The molecule has 0 saturated heterocycles. The largest absolute Gasteiger partial charge is 0.432 e. The van der Waals surface area contributed by atoms with Gasteiger partial charge in [0.25, 0.3) is 0 Å². The maximum atomic E-state index is 10.6. The highest BCUT2D eigenvalue weighted by atomic mass is 35.5. The molecule has 0 aromatic heterocycles. The molecule has 74 valence electrons. The second-order valence-corrected chi connectivity index (χ2v) is 3.34. The van der Waals surface area contributed by atoms with Crippen molar-refractivity contribution in [3.05, 3.63) is 40.6 Å². The van der Waals surface area contributed by atoms with Crippen molar-refractivity contribution < 1.29 is 9.53 Å². The number of esters is 1. The van der Waals surface area contributed by atoms with Crippen LogP contribution in [0.4, 0.5) is 0 Å². The Balaban J connectivity index is 2.76. The molecule has 0 amide bonds. The Hall–Kier alpha value is -1.28.